The van der Waals surface area contributed by atoms with E-state index in [0.717, 1.165) is 33.8 Å². The van der Waals surface area contributed by atoms with Crippen molar-refractivity contribution in [3.63, 3.8) is 0 Å². The lowest BCUT2D eigenvalue weighted by atomic mass is 9.92. The summed E-state index contributed by atoms with van der Waals surface area (Å²) in [6, 6.07) is 11.3. The highest BCUT2D eigenvalue weighted by molar-refractivity contribution is 7.15. The number of carbonyl (C=O) groups excluding carboxylic acids is 1. The maximum Gasteiger partial charge on any atom is 0.433 e. The van der Waals surface area contributed by atoms with E-state index in [1.807, 2.05) is 26.0 Å². The molecule has 5 rings (SSSR count). The predicted molar refractivity (Wildman–Crippen MR) is 153 cm³/mol. The third kappa shape index (κ3) is 6.61. The Balaban J connectivity index is 1.27. The van der Waals surface area contributed by atoms with E-state index < -0.39 is 17.5 Å². The molecular formula is C28H26ClF3N6O2S. The second-order valence-electron chi connectivity index (χ2n) is 9.91. The van der Waals surface area contributed by atoms with E-state index in [9.17, 15) is 23.1 Å². The fraction of sp³-hybridized carbons (Fsp3) is 0.286. The molecule has 4 aromatic rings. The van der Waals surface area contributed by atoms with Crippen LogP contribution in [0.15, 0.2) is 54.9 Å². The van der Waals surface area contributed by atoms with Crippen LogP contribution in [-0.2, 0) is 11.8 Å². The second kappa shape index (κ2) is 11.3. The van der Waals surface area contributed by atoms with Crippen LogP contribution in [0.25, 0.3) is 10.4 Å². The quantitative estimate of drug-likeness (QED) is 0.224. The summed E-state index contributed by atoms with van der Waals surface area (Å²) in [6.07, 6.45) is -1.23. The van der Waals surface area contributed by atoms with Gasteiger partial charge in [-0.25, -0.2) is 19.7 Å². The number of aliphatic hydroxyl groups is 1. The summed E-state index contributed by atoms with van der Waals surface area (Å²) >= 11 is 7.40. The zero-order valence-corrected chi connectivity index (χ0v) is 23.7. The normalized spacial score (nSPS) is 15.0. The van der Waals surface area contributed by atoms with E-state index in [1.54, 1.807) is 35.4 Å². The summed E-state index contributed by atoms with van der Waals surface area (Å²) in [5.74, 6) is -0.169. The van der Waals surface area contributed by atoms with E-state index >= 15 is 0 Å². The van der Waals surface area contributed by atoms with Crippen molar-refractivity contribution in [2.75, 3.05) is 23.7 Å². The number of piperidine rings is 1. The van der Waals surface area contributed by atoms with Crippen LogP contribution < -0.4 is 10.6 Å². The summed E-state index contributed by atoms with van der Waals surface area (Å²) in [5.41, 5.74) is 1.46. The van der Waals surface area contributed by atoms with Gasteiger partial charge in [0.1, 0.15) is 16.3 Å². The third-order valence-corrected chi connectivity index (χ3v) is 8.26. The largest absolute Gasteiger partial charge is 0.433 e. The molecule has 1 aliphatic heterocycles. The Morgan fingerprint density at radius 1 is 1.10 bits per heavy atom. The molecule has 2 aromatic heterocycles. The van der Waals surface area contributed by atoms with E-state index in [1.165, 1.54) is 11.3 Å². The van der Waals surface area contributed by atoms with Crippen molar-refractivity contribution in [2.45, 2.75) is 38.5 Å². The molecule has 3 heterocycles. The number of anilines is 3. The number of nitrogens with zero attached hydrogens (tertiary/aromatic N) is 4. The number of urea groups is 1. The summed E-state index contributed by atoms with van der Waals surface area (Å²) < 4.78 is 39.1. The number of nitrogens with one attached hydrogen (secondary N) is 2. The van der Waals surface area contributed by atoms with Gasteiger partial charge in [-0.2, -0.15) is 13.2 Å². The molecule has 41 heavy (non-hydrogen) atoms. The predicted octanol–water partition coefficient (Wildman–Crippen LogP) is 7.15. The smallest absolute Gasteiger partial charge is 0.383 e. The monoisotopic (exact) mass is 602 g/mol. The first-order valence-corrected chi connectivity index (χ1v) is 13.9. The topological polar surface area (TPSA) is 103 Å². The molecule has 8 nitrogen and oxygen atoms in total. The molecule has 214 valence electrons. The standard InChI is InChI=1S/C28H26ClF3N6O2S/c1-16-11-18(13-20(12-16)35-25-33-8-5-23(37-25)28(30,31)32)22-15-34-24(41-22)27(40)6-9-38(10-7-27)26(39)36-21-14-19(29)4-3-17(21)2/h3-5,8,11-15,40H,6-7,9-10H2,1-2H3,(H,36,39)(H,33,35,37). The fourth-order valence-electron chi connectivity index (χ4n) is 4.54. The van der Waals surface area contributed by atoms with Gasteiger partial charge in [-0.1, -0.05) is 23.7 Å². The van der Waals surface area contributed by atoms with Crippen LogP contribution >= 0.6 is 22.9 Å². The Morgan fingerprint density at radius 2 is 1.85 bits per heavy atom. The van der Waals surface area contributed by atoms with Gasteiger partial charge in [0.15, 0.2) is 0 Å². The van der Waals surface area contributed by atoms with Crippen molar-refractivity contribution in [2.24, 2.45) is 0 Å². The molecule has 2 amide bonds. The summed E-state index contributed by atoms with van der Waals surface area (Å²) in [4.78, 5) is 27.2. The number of benzene rings is 2. The average Bonchev–Trinajstić information content (AvgIpc) is 3.42. The Hall–Kier alpha value is -3.74. The lowest BCUT2D eigenvalue weighted by Crippen LogP contribution is -2.46. The number of hydrogen-bond donors (Lipinski definition) is 3. The van der Waals surface area contributed by atoms with Gasteiger partial charge < -0.3 is 20.6 Å². The van der Waals surface area contributed by atoms with Gasteiger partial charge in [-0.15, -0.1) is 11.3 Å². The third-order valence-electron chi connectivity index (χ3n) is 6.79. The molecule has 0 bridgehead atoms. The van der Waals surface area contributed by atoms with Gasteiger partial charge in [0.05, 0.1) is 4.88 Å². The number of halogens is 4. The molecular weight excluding hydrogens is 577 g/mol. The fourth-order valence-corrected chi connectivity index (χ4v) is 5.76. The maximum absolute atomic E-state index is 13.0. The first-order valence-electron chi connectivity index (χ1n) is 12.7. The lowest BCUT2D eigenvalue weighted by Gasteiger charge is -2.36. The molecule has 13 heteroatoms. The first kappa shape index (κ1) is 28.8. The van der Waals surface area contributed by atoms with Gasteiger partial charge in [-0.3, -0.25) is 0 Å². The van der Waals surface area contributed by atoms with Crippen molar-refractivity contribution in [3.8, 4) is 10.4 Å². The van der Waals surface area contributed by atoms with E-state index in [0.29, 0.717) is 47.3 Å². The van der Waals surface area contributed by atoms with Crippen molar-refractivity contribution >= 4 is 46.3 Å². The molecule has 2 aromatic carbocycles. The van der Waals surface area contributed by atoms with Crippen LogP contribution in [0.4, 0.5) is 35.3 Å². The Bertz CT molecular complexity index is 1590. The SMILES string of the molecule is Cc1cc(Nc2nccc(C(F)(F)F)n2)cc(-c2cnc(C3(O)CCN(C(=O)Nc4cc(Cl)ccc4C)CC3)s2)c1. The maximum atomic E-state index is 13.0. The van der Waals surface area contributed by atoms with Crippen molar-refractivity contribution in [1.82, 2.24) is 19.9 Å². The lowest BCUT2D eigenvalue weighted by molar-refractivity contribution is -0.141. The Kier molecular flexibility index (Phi) is 7.91. The van der Waals surface area contributed by atoms with E-state index in [-0.39, 0.29) is 12.0 Å². The minimum absolute atomic E-state index is 0.169. The van der Waals surface area contributed by atoms with Gasteiger partial charge in [0.25, 0.3) is 0 Å². The second-order valence-corrected chi connectivity index (χ2v) is 11.4. The molecule has 3 N–H and O–H groups in total. The van der Waals surface area contributed by atoms with Crippen LogP contribution in [0.1, 0.15) is 34.7 Å². The van der Waals surface area contributed by atoms with Crippen LogP contribution in [0.2, 0.25) is 5.02 Å². The van der Waals surface area contributed by atoms with Gasteiger partial charge in [0, 0.05) is 54.7 Å². The van der Waals surface area contributed by atoms with E-state index in [4.69, 9.17) is 11.6 Å². The molecule has 0 spiro atoms. The number of amides is 2. The molecule has 0 atom stereocenters. The number of aromatic nitrogens is 3. The average molecular weight is 603 g/mol. The summed E-state index contributed by atoms with van der Waals surface area (Å²) in [6.45, 7) is 4.43. The molecule has 0 saturated carbocycles. The van der Waals surface area contributed by atoms with Crippen LogP contribution in [0.5, 0.6) is 0 Å². The number of carbonyl (C=O) groups is 1. The highest BCUT2D eigenvalue weighted by atomic mass is 35.5. The molecule has 0 aliphatic carbocycles. The summed E-state index contributed by atoms with van der Waals surface area (Å²) in [5, 5.41) is 18.2. The van der Waals surface area contributed by atoms with Crippen molar-refractivity contribution in [3.05, 3.63) is 81.7 Å². The van der Waals surface area contributed by atoms with Gasteiger partial charge >= 0.3 is 12.2 Å². The number of rotatable bonds is 5. The molecule has 0 radical (unpaired) electrons. The number of hydrogen-bond acceptors (Lipinski definition) is 7. The first-order chi connectivity index (χ1) is 19.4. The molecule has 1 aliphatic rings. The van der Waals surface area contributed by atoms with Crippen LogP contribution in [0, 0.1) is 13.8 Å². The Morgan fingerprint density at radius 3 is 2.59 bits per heavy atom. The zero-order chi connectivity index (χ0) is 29.4. The molecule has 0 unspecified atom stereocenters. The molecule has 1 fully saturated rings. The number of thiazole rings is 1. The molecule has 1 saturated heterocycles. The highest BCUT2D eigenvalue weighted by Gasteiger charge is 2.38. The van der Waals surface area contributed by atoms with Crippen LogP contribution in [-0.4, -0.2) is 44.1 Å². The highest BCUT2D eigenvalue weighted by Crippen LogP contribution is 2.39. The van der Waals surface area contributed by atoms with Crippen molar-refractivity contribution < 1.29 is 23.1 Å². The minimum Gasteiger partial charge on any atom is -0.383 e. The zero-order valence-electron chi connectivity index (χ0n) is 22.1. The van der Waals surface area contributed by atoms with Gasteiger partial charge in [-0.05, 0) is 60.9 Å². The Labute approximate surface area is 243 Å². The van der Waals surface area contributed by atoms with Gasteiger partial charge in [0.2, 0.25) is 5.95 Å². The summed E-state index contributed by atoms with van der Waals surface area (Å²) in [7, 11) is 0. The number of likely N-dealkylation sites (tertiary alicyclic amines) is 1. The number of alkyl halides is 3. The number of aryl methyl sites for hydroxylation is 2. The van der Waals surface area contributed by atoms with Crippen molar-refractivity contribution in [1.29, 1.82) is 0 Å². The minimum atomic E-state index is -4.58. The van der Waals surface area contributed by atoms with Crippen LogP contribution in [0.3, 0.4) is 0 Å². The van der Waals surface area contributed by atoms with E-state index in [2.05, 4.69) is 25.6 Å².